The summed E-state index contributed by atoms with van der Waals surface area (Å²) < 4.78 is 11.0. The van der Waals surface area contributed by atoms with Gasteiger partial charge in [-0.15, -0.1) is 0 Å². The number of nitrogens with one attached hydrogen (secondary N) is 1. The zero-order valence-corrected chi connectivity index (χ0v) is 24.1. The van der Waals surface area contributed by atoms with Crippen LogP contribution in [0.2, 0.25) is 0 Å². The molecule has 1 fully saturated rings. The number of rotatable bonds is 22. The predicted octanol–water partition coefficient (Wildman–Crippen LogP) is 3.26. The predicted molar refractivity (Wildman–Crippen MR) is 152 cm³/mol. The molecule has 1 aliphatic rings. The topological polar surface area (TPSA) is 149 Å². The van der Waals surface area contributed by atoms with Crippen molar-refractivity contribution < 1.29 is 39.8 Å². The molecule has 1 rings (SSSR count). The van der Waals surface area contributed by atoms with Crippen molar-refractivity contribution in [2.75, 3.05) is 13.2 Å². The summed E-state index contributed by atoms with van der Waals surface area (Å²) >= 11 is 0. The third kappa shape index (κ3) is 15.3. The van der Waals surface area contributed by atoms with E-state index in [4.69, 9.17) is 9.47 Å². The molecular formula is C30H55NO8. The van der Waals surface area contributed by atoms with E-state index in [1.807, 2.05) is 12.2 Å². The average Bonchev–Trinajstić information content (AvgIpc) is 2.93. The van der Waals surface area contributed by atoms with E-state index in [9.17, 15) is 30.3 Å². The zero-order valence-electron chi connectivity index (χ0n) is 24.1. The highest BCUT2D eigenvalue weighted by molar-refractivity contribution is 5.76. The lowest BCUT2D eigenvalue weighted by Gasteiger charge is -2.40. The van der Waals surface area contributed by atoms with Crippen LogP contribution in [0.1, 0.15) is 104 Å². The lowest BCUT2D eigenvalue weighted by molar-refractivity contribution is -0.302. The summed E-state index contributed by atoms with van der Waals surface area (Å²) in [6.07, 6.45) is 14.1. The smallest absolute Gasteiger partial charge is 0.220 e. The van der Waals surface area contributed by atoms with Gasteiger partial charge in [-0.1, -0.05) is 102 Å². The number of hydrogen-bond acceptors (Lipinski definition) is 8. The average molecular weight is 558 g/mol. The van der Waals surface area contributed by atoms with Crippen LogP contribution in [0.5, 0.6) is 0 Å². The van der Waals surface area contributed by atoms with Gasteiger partial charge in [0.25, 0.3) is 0 Å². The molecule has 1 heterocycles. The summed E-state index contributed by atoms with van der Waals surface area (Å²) in [5, 5.41) is 53.2. The minimum Gasteiger partial charge on any atom is -0.394 e. The van der Waals surface area contributed by atoms with Crippen molar-refractivity contribution in [3.8, 4) is 0 Å². The number of aliphatic hydroxyl groups excluding tert-OH is 5. The van der Waals surface area contributed by atoms with Gasteiger partial charge in [0.15, 0.2) is 6.29 Å². The molecule has 1 aliphatic heterocycles. The third-order valence-corrected chi connectivity index (χ3v) is 7.08. The lowest BCUT2D eigenvalue weighted by atomic mass is 9.99. The molecular weight excluding hydrogens is 502 g/mol. The molecule has 2 unspecified atom stereocenters. The maximum absolute atomic E-state index is 12.6. The fourth-order valence-electron chi connectivity index (χ4n) is 4.50. The molecule has 6 N–H and O–H groups in total. The Morgan fingerprint density at radius 1 is 0.872 bits per heavy atom. The van der Waals surface area contributed by atoms with Crippen molar-refractivity contribution in [1.29, 1.82) is 0 Å². The number of amides is 1. The zero-order chi connectivity index (χ0) is 28.9. The van der Waals surface area contributed by atoms with Crippen LogP contribution in [0.25, 0.3) is 0 Å². The van der Waals surface area contributed by atoms with Gasteiger partial charge < -0.3 is 40.3 Å². The van der Waals surface area contributed by atoms with E-state index in [0.717, 1.165) is 32.1 Å². The second kappa shape index (κ2) is 22.4. The third-order valence-electron chi connectivity index (χ3n) is 7.08. The quantitative estimate of drug-likeness (QED) is 0.0878. The van der Waals surface area contributed by atoms with Crippen molar-refractivity contribution in [3.63, 3.8) is 0 Å². The van der Waals surface area contributed by atoms with E-state index in [1.54, 1.807) is 12.2 Å². The maximum Gasteiger partial charge on any atom is 0.220 e. The van der Waals surface area contributed by atoms with Gasteiger partial charge >= 0.3 is 0 Å². The molecule has 0 aromatic carbocycles. The van der Waals surface area contributed by atoms with E-state index >= 15 is 0 Å². The number of unbranched alkanes of at least 4 members (excludes halogenated alkanes) is 11. The Morgan fingerprint density at radius 2 is 1.49 bits per heavy atom. The van der Waals surface area contributed by atoms with Gasteiger partial charge in [-0.25, -0.2) is 0 Å². The van der Waals surface area contributed by atoms with Gasteiger partial charge in [-0.2, -0.15) is 0 Å². The molecule has 0 bridgehead atoms. The second-order valence-electron chi connectivity index (χ2n) is 10.6. The van der Waals surface area contributed by atoms with Gasteiger partial charge in [0.1, 0.15) is 24.4 Å². The van der Waals surface area contributed by atoms with Crippen LogP contribution in [0, 0.1) is 0 Å². The van der Waals surface area contributed by atoms with Crippen molar-refractivity contribution >= 4 is 5.91 Å². The Labute approximate surface area is 235 Å². The molecule has 1 amide bonds. The SMILES string of the molecule is CCCCCCC/C=C/C=C/[C@@H](O)[C@H](CO[C@@H]1O[C@H](CO)[C@@H](O)C(O)C1O)NC(=O)CCCCCCCCC. The summed E-state index contributed by atoms with van der Waals surface area (Å²) in [6.45, 7) is 3.59. The molecule has 7 atom stereocenters. The first-order valence-corrected chi connectivity index (χ1v) is 15.1. The van der Waals surface area contributed by atoms with Gasteiger partial charge in [-0.05, 0) is 19.3 Å². The first-order chi connectivity index (χ1) is 18.8. The molecule has 1 saturated heterocycles. The molecule has 0 radical (unpaired) electrons. The molecule has 0 spiro atoms. The van der Waals surface area contributed by atoms with E-state index < -0.39 is 49.5 Å². The van der Waals surface area contributed by atoms with Gasteiger partial charge in [0.2, 0.25) is 5.91 Å². The largest absolute Gasteiger partial charge is 0.394 e. The summed E-state index contributed by atoms with van der Waals surface area (Å²) in [5.74, 6) is -0.207. The summed E-state index contributed by atoms with van der Waals surface area (Å²) in [6, 6.07) is -0.826. The molecule has 0 aromatic rings. The van der Waals surface area contributed by atoms with Crippen LogP contribution < -0.4 is 5.32 Å². The van der Waals surface area contributed by atoms with E-state index in [0.29, 0.717) is 6.42 Å². The maximum atomic E-state index is 12.6. The fraction of sp³-hybridized carbons (Fsp3) is 0.833. The van der Waals surface area contributed by atoms with Crippen LogP contribution in [0.3, 0.4) is 0 Å². The Bertz CT molecular complexity index is 671. The standard InChI is InChI=1S/C30H55NO8/c1-3-5-7-9-11-12-14-15-17-19-24(33)23(31-26(34)20-18-16-13-10-8-6-4-2)22-38-30-29(37)28(36)27(35)25(21-32)39-30/h14-15,17,19,23-25,27-30,32-33,35-37H,3-13,16,18,20-22H2,1-2H3,(H,31,34)/b15-14+,19-17+/t23-,24+,25+,27+,28?,29?,30+/m0/s1. The van der Waals surface area contributed by atoms with Crippen LogP contribution in [-0.4, -0.2) is 87.5 Å². The lowest BCUT2D eigenvalue weighted by Crippen LogP contribution is -2.60. The number of ether oxygens (including phenoxy) is 2. The summed E-state index contributed by atoms with van der Waals surface area (Å²) in [5.41, 5.74) is 0. The van der Waals surface area contributed by atoms with Crippen molar-refractivity contribution in [3.05, 3.63) is 24.3 Å². The number of carbonyl (C=O) groups excluding carboxylic acids is 1. The van der Waals surface area contributed by atoms with Gasteiger partial charge in [-0.3, -0.25) is 4.79 Å². The van der Waals surface area contributed by atoms with Crippen molar-refractivity contribution in [2.24, 2.45) is 0 Å². The minimum atomic E-state index is -1.57. The molecule has 9 heteroatoms. The highest BCUT2D eigenvalue weighted by Gasteiger charge is 2.44. The minimum absolute atomic E-state index is 0.207. The fourth-order valence-corrected chi connectivity index (χ4v) is 4.50. The van der Waals surface area contributed by atoms with Gasteiger partial charge in [0.05, 0.1) is 25.4 Å². The van der Waals surface area contributed by atoms with Crippen LogP contribution in [0.4, 0.5) is 0 Å². The number of hydrogen-bond donors (Lipinski definition) is 6. The number of aliphatic hydroxyl groups is 5. The van der Waals surface area contributed by atoms with Crippen molar-refractivity contribution in [2.45, 2.75) is 147 Å². The monoisotopic (exact) mass is 557 g/mol. The summed E-state index contributed by atoms with van der Waals surface area (Å²) in [4.78, 5) is 12.6. The first-order valence-electron chi connectivity index (χ1n) is 15.1. The first kappa shape index (κ1) is 35.7. The molecule has 0 aliphatic carbocycles. The number of carbonyl (C=O) groups is 1. The molecule has 0 aromatic heterocycles. The normalized spacial score (nSPS) is 25.4. The van der Waals surface area contributed by atoms with Gasteiger partial charge in [0, 0.05) is 6.42 Å². The number of allylic oxidation sites excluding steroid dienone is 3. The molecule has 228 valence electrons. The van der Waals surface area contributed by atoms with E-state index in [1.165, 1.54) is 51.4 Å². The molecule has 0 saturated carbocycles. The van der Waals surface area contributed by atoms with Crippen molar-refractivity contribution in [1.82, 2.24) is 5.32 Å². The Hall–Kier alpha value is -1.33. The highest BCUT2D eigenvalue weighted by atomic mass is 16.7. The molecule has 9 nitrogen and oxygen atoms in total. The van der Waals surface area contributed by atoms with E-state index in [2.05, 4.69) is 19.2 Å². The molecule has 39 heavy (non-hydrogen) atoms. The second-order valence-corrected chi connectivity index (χ2v) is 10.6. The summed E-state index contributed by atoms with van der Waals surface area (Å²) in [7, 11) is 0. The van der Waals surface area contributed by atoms with Crippen LogP contribution in [-0.2, 0) is 14.3 Å². The Kier molecular flexibility index (Phi) is 20.5. The Morgan fingerprint density at radius 3 is 2.13 bits per heavy atom. The van der Waals surface area contributed by atoms with E-state index in [-0.39, 0.29) is 12.5 Å². The van der Waals surface area contributed by atoms with Crippen LogP contribution in [0.15, 0.2) is 24.3 Å². The Balaban J connectivity index is 2.65. The van der Waals surface area contributed by atoms with Crippen LogP contribution >= 0.6 is 0 Å². The highest BCUT2D eigenvalue weighted by Crippen LogP contribution is 2.22.